The molecule has 1 amide bonds. The number of nitrogens with zero attached hydrogens (tertiary/aromatic N) is 1. The molecular weight excluding hydrogens is 396 g/mol. The van der Waals surface area contributed by atoms with Gasteiger partial charge in [0.1, 0.15) is 5.69 Å². The summed E-state index contributed by atoms with van der Waals surface area (Å²) < 4.78 is 0. The van der Waals surface area contributed by atoms with Crippen molar-refractivity contribution in [3.05, 3.63) is 59.8 Å². The van der Waals surface area contributed by atoms with Gasteiger partial charge in [0.25, 0.3) is 5.91 Å². The van der Waals surface area contributed by atoms with Crippen LogP contribution in [0.1, 0.15) is 48.2 Å². The van der Waals surface area contributed by atoms with E-state index in [1.807, 2.05) is 6.07 Å². The molecule has 0 radical (unpaired) electrons. The van der Waals surface area contributed by atoms with Crippen molar-refractivity contribution in [1.29, 1.82) is 0 Å². The third kappa shape index (κ3) is 5.05. The van der Waals surface area contributed by atoms with Crippen molar-refractivity contribution in [1.82, 2.24) is 20.5 Å². The van der Waals surface area contributed by atoms with Gasteiger partial charge in [-0.1, -0.05) is 36.8 Å². The van der Waals surface area contributed by atoms with E-state index in [0.717, 1.165) is 49.9 Å². The molecule has 2 aromatic carbocycles. The second-order valence-electron chi connectivity index (χ2n) is 9.42. The summed E-state index contributed by atoms with van der Waals surface area (Å²) in [5.41, 5.74) is 5.42. The van der Waals surface area contributed by atoms with Gasteiger partial charge in [0.15, 0.2) is 0 Å². The van der Waals surface area contributed by atoms with Crippen LogP contribution >= 0.6 is 0 Å². The fraction of sp³-hybridized carbons (Fsp3) is 0.444. The Labute approximate surface area is 190 Å². The van der Waals surface area contributed by atoms with Crippen LogP contribution in [0.25, 0.3) is 22.0 Å². The van der Waals surface area contributed by atoms with Crippen LogP contribution < -0.4 is 10.6 Å². The van der Waals surface area contributed by atoms with E-state index in [2.05, 4.69) is 63.0 Å². The van der Waals surface area contributed by atoms with Gasteiger partial charge in [-0.15, -0.1) is 0 Å². The molecule has 2 fully saturated rings. The molecule has 0 bridgehead atoms. The van der Waals surface area contributed by atoms with Crippen LogP contribution in [-0.4, -0.2) is 48.5 Å². The van der Waals surface area contributed by atoms with E-state index < -0.39 is 0 Å². The zero-order valence-corrected chi connectivity index (χ0v) is 18.8. The highest BCUT2D eigenvalue weighted by molar-refractivity contribution is 5.98. The summed E-state index contributed by atoms with van der Waals surface area (Å²) in [5, 5.41) is 7.56. The number of aromatic amines is 1. The maximum absolute atomic E-state index is 12.7. The minimum absolute atomic E-state index is 0.0108. The van der Waals surface area contributed by atoms with Gasteiger partial charge in [0, 0.05) is 24.0 Å². The third-order valence-electron chi connectivity index (χ3n) is 7.02. The number of nitrogens with one attached hydrogen (secondary N) is 3. The molecule has 3 heterocycles. The zero-order valence-electron chi connectivity index (χ0n) is 18.8. The average molecular weight is 431 g/mol. The fourth-order valence-electron chi connectivity index (χ4n) is 5.03. The molecule has 5 rings (SSSR count). The van der Waals surface area contributed by atoms with Crippen LogP contribution in [0.3, 0.4) is 0 Å². The van der Waals surface area contributed by atoms with Gasteiger partial charge >= 0.3 is 0 Å². The minimum atomic E-state index is -0.0108. The first-order chi connectivity index (χ1) is 15.7. The fourth-order valence-corrected chi connectivity index (χ4v) is 5.03. The third-order valence-corrected chi connectivity index (χ3v) is 7.02. The van der Waals surface area contributed by atoms with Gasteiger partial charge in [-0.3, -0.25) is 9.69 Å². The Hall–Kier alpha value is -2.63. The van der Waals surface area contributed by atoms with E-state index in [1.54, 1.807) is 0 Å². The van der Waals surface area contributed by atoms with Crippen molar-refractivity contribution < 1.29 is 4.79 Å². The molecular formula is C27H34N4O. The molecule has 0 atom stereocenters. The predicted octanol–water partition coefficient (Wildman–Crippen LogP) is 4.55. The summed E-state index contributed by atoms with van der Waals surface area (Å²) >= 11 is 0. The van der Waals surface area contributed by atoms with Crippen molar-refractivity contribution in [2.75, 3.05) is 32.7 Å². The van der Waals surface area contributed by atoms with E-state index in [9.17, 15) is 4.79 Å². The molecule has 2 aliphatic heterocycles. The van der Waals surface area contributed by atoms with Crippen LogP contribution in [-0.2, 0) is 6.54 Å². The standard InChI is InChI=1S/C27H34N4O/c32-27(29-18-20-10-12-28-13-11-20)26-17-24-16-23(8-9-25(24)30-26)22-6-4-21(5-7-22)19-31-14-2-1-3-15-31/h4-9,16-17,20,28,30H,1-3,10-15,18-19H2,(H,29,32). The van der Waals surface area contributed by atoms with Crippen molar-refractivity contribution in [2.24, 2.45) is 5.92 Å². The number of carbonyl (C=O) groups excluding carboxylic acids is 1. The highest BCUT2D eigenvalue weighted by Gasteiger charge is 2.16. The van der Waals surface area contributed by atoms with Crippen molar-refractivity contribution in [3.63, 3.8) is 0 Å². The van der Waals surface area contributed by atoms with Crippen molar-refractivity contribution in [2.45, 2.75) is 38.6 Å². The topological polar surface area (TPSA) is 60.2 Å². The molecule has 3 N–H and O–H groups in total. The van der Waals surface area contributed by atoms with Crippen molar-refractivity contribution in [3.8, 4) is 11.1 Å². The molecule has 2 saturated heterocycles. The summed E-state index contributed by atoms with van der Waals surface area (Å²) in [4.78, 5) is 18.5. The first-order valence-electron chi connectivity index (χ1n) is 12.2. The lowest BCUT2D eigenvalue weighted by molar-refractivity contribution is 0.0940. The highest BCUT2D eigenvalue weighted by Crippen LogP contribution is 2.26. The second-order valence-corrected chi connectivity index (χ2v) is 9.42. The number of carbonyl (C=O) groups is 1. The number of hydrogen-bond donors (Lipinski definition) is 3. The summed E-state index contributed by atoms with van der Waals surface area (Å²) in [6.07, 6.45) is 6.29. The molecule has 0 spiro atoms. The molecule has 5 nitrogen and oxygen atoms in total. The molecule has 0 unspecified atom stereocenters. The summed E-state index contributed by atoms with van der Waals surface area (Å²) in [7, 11) is 0. The smallest absolute Gasteiger partial charge is 0.267 e. The quantitative estimate of drug-likeness (QED) is 0.538. The number of amides is 1. The number of benzene rings is 2. The molecule has 0 aliphatic carbocycles. The number of likely N-dealkylation sites (tertiary alicyclic amines) is 1. The van der Waals surface area contributed by atoms with Crippen LogP contribution in [0.4, 0.5) is 0 Å². The molecule has 2 aliphatic rings. The first-order valence-corrected chi connectivity index (χ1v) is 12.2. The molecule has 5 heteroatoms. The van der Waals surface area contributed by atoms with E-state index in [1.165, 1.54) is 49.0 Å². The van der Waals surface area contributed by atoms with E-state index in [4.69, 9.17) is 0 Å². The van der Waals surface area contributed by atoms with E-state index >= 15 is 0 Å². The van der Waals surface area contributed by atoms with Gasteiger partial charge < -0.3 is 15.6 Å². The Morgan fingerprint density at radius 2 is 1.69 bits per heavy atom. The maximum atomic E-state index is 12.7. The Kier molecular flexibility index (Phi) is 6.56. The Bertz CT molecular complexity index is 1040. The second kappa shape index (κ2) is 9.88. The van der Waals surface area contributed by atoms with Gasteiger partial charge in [0.05, 0.1) is 0 Å². The van der Waals surface area contributed by atoms with Gasteiger partial charge in [0.2, 0.25) is 0 Å². The molecule has 168 valence electrons. The number of hydrogen-bond acceptors (Lipinski definition) is 3. The van der Waals surface area contributed by atoms with Gasteiger partial charge in [-0.2, -0.15) is 0 Å². The molecule has 32 heavy (non-hydrogen) atoms. The summed E-state index contributed by atoms with van der Waals surface area (Å²) in [6, 6.07) is 17.3. The maximum Gasteiger partial charge on any atom is 0.267 e. The molecule has 1 aromatic heterocycles. The number of rotatable bonds is 6. The monoisotopic (exact) mass is 430 g/mol. The molecule has 3 aromatic rings. The number of H-pyrrole nitrogens is 1. The van der Waals surface area contributed by atoms with Crippen LogP contribution in [0, 0.1) is 5.92 Å². The van der Waals surface area contributed by atoms with Gasteiger partial charge in [-0.05, 0) is 92.7 Å². The lowest BCUT2D eigenvalue weighted by Crippen LogP contribution is -2.36. The summed E-state index contributed by atoms with van der Waals surface area (Å²) in [5.74, 6) is 0.567. The predicted molar refractivity (Wildman–Crippen MR) is 131 cm³/mol. The van der Waals surface area contributed by atoms with Crippen LogP contribution in [0.5, 0.6) is 0 Å². The lowest BCUT2D eigenvalue weighted by atomic mass is 9.98. The zero-order chi connectivity index (χ0) is 21.8. The Morgan fingerprint density at radius 3 is 2.47 bits per heavy atom. The largest absolute Gasteiger partial charge is 0.351 e. The number of piperidine rings is 2. The highest BCUT2D eigenvalue weighted by atomic mass is 16.1. The normalized spacial score (nSPS) is 18.1. The van der Waals surface area contributed by atoms with E-state index in [0.29, 0.717) is 11.6 Å². The first kappa shape index (κ1) is 21.2. The van der Waals surface area contributed by atoms with Gasteiger partial charge in [-0.25, -0.2) is 0 Å². The number of fused-ring (bicyclic) bond motifs is 1. The van der Waals surface area contributed by atoms with Crippen LogP contribution in [0.15, 0.2) is 48.5 Å². The summed E-state index contributed by atoms with van der Waals surface area (Å²) in [6.45, 7) is 6.35. The average Bonchev–Trinajstić information content (AvgIpc) is 3.28. The Balaban J connectivity index is 1.24. The van der Waals surface area contributed by atoms with Crippen LogP contribution in [0.2, 0.25) is 0 Å². The SMILES string of the molecule is O=C(NCC1CCNCC1)c1cc2cc(-c3ccc(CN4CCCCC4)cc3)ccc2[nH]1. The number of aromatic nitrogens is 1. The minimum Gasteiger partial charge on any atom is -0.351 e. The van der Waals surface area contributed by atoms with Crippen molar-refractivity contribution >= 4 is 16.8 Å². The lowest BCUT2D eigenvalue weighted by Gasteiger charge is -2.26. The Morgan fingerprint density at radius 1 is 0.938 bits per heavy atom. The molecule has 0 saturated carbocycles. The van der Waals surface area contributed by atoms with E-state index in [-0.39, 0.29) is 5.91 Å².